The summed E-state index contributed by atoms with van der Waals surface area (Å²) in [6.45, 7) is 0.851. The summed E-state index contributed by atoms with van der Waals surface area (Å²) >= 11 is 0. The van der Waals surface area contributed by atoms with Crippen molar-refractivity contribution in [2.45, 2.75) is 42.7 Å². The van der Waals surface area contributed by atoms with E-state index >= 15 is 0 Å². The van der Waals surface area contributed by atoms with E-state index in [2.05, 4.69) is 4.72 Å². The van der Waals surface area contributed by atoms with E-state index in [1.54, 1.807) is 12.1 Å². The molecule has 0 spiro atoms. The molecule has 0 unspecified atom stereocenters. The fourth-order valence-electron chi connectivity index (χ4n) is 2.91. The molecule has 0 atom stereocenters. The lowest BCUT2D eigenvalue weighted by Gasteiger charge is -2.36. The van der Waals surface area contributed by atoms with Gasteiger partial charge in [-0.15, -0.1) is 0 Å². The van der Waals surface area contributed by atoms with Crippen LogP contribution in [0.4, 0.5) is 5.69 Å². The molecular formula is C15H23N3O2S. The van der Waals surface area contributed by atoms with Gasteiger partial charge in [0.2, 0.25) is 10.0 Å². The molecule has 0 heterocycles. The summed E-state index contributed by atoms with van der Waals surface area (Å²) in [6, 6.07) is 7.66. The lowest BCUT2D eigenvalue weighted by Crippen LogP contribution is -2.42. The second-order valence-corrected chi connectivity index (χ2v) is 8.02. The average molecular weight is 309 g/mol. The maximum absolute atomic E-state index is 12.5. The Morgan fingerprint density at radius 1 is 1.29 bits per heavy atom. The van der Waals surface area contributed by atoms with Crippen LogP contribution >= 0.6 is 0 Å². The first-order valence-electron chi connectivity index (χ1n) is 7.54. The normalized spacial score (nSPS) is 25.4. The predicted molar refractivity (Wildman–Crippen MR) is 83.8 cm³/mol. The molecule has 3 N–H and O–H groups in total. The van der Waals surface area contributed by atoms with E-state index in [0.717, 1.165) is 37.9 Å². The molecule has 116 valence electrons. The highest BCUT2D eigenvalue weighted by molar-refractivity contribution is 7.89. The van der Waals surface area contributed by atoms with Crippen LogP contribution in [0.1, 0.15) is 25.7 Å². The molecule has 0 amide bonds. The largest absolute Gasteiger partial charge is 0.373 e. The molecule has 2 aliphatic carbocycles. The van der Waals surface area contributed by atoms with E-state index < -0.39 is 10.0 Å². The molecule has 2 aliphatic rings. The molecule has 0 aromatic heterocycles. The third-order valence-corrected chi connectivity index (χ3v) is 5.84. The van der Waals surface area contributed by atoms with Crippen molar-refractivity contribution < 1.29 is 8.42 Å². The van der Waals surface area contributed by atoms with Crippen LogP contribution < -0.4 is 15.4 Å². The number of nitrogens with one attached hydrogen (secondary N) is 1. The zero-order valence-electron chi connectivity index (χ0n) is 12.3. The van der Waals surface area contributed by atoms with Crippen LogP contribution in [0, 0.1) is 5.92 Å². The molecule has 5 nitrogen and oxygen atoms in total. The number of sulfonamides is 1. The van der Waals surface area contributed by atoms with E-state index in [4.69, 9.17) is 5.73 Å². The van der Waals surface area contributed by atoms with Crippen LogP contribution in [0.3, 0.4) is 0 Å². The van der Waals surface area contributed by atoms with Crippen molar-refractivity contribution in [3.63, 3.8) is 0 Å². The molecule has 0 radical (unpaired) electrons. The van der Waals surface area contributed by atoms with Gasteiger partial charge in [0.05, 0.1) is 5.69 Å². The van der Waals surface area contributed by atoms with E-state index in [-0.39, 0.29) is 6.04 Å². The Morgan fingerprint density at radius 3 is 2.57 bits per heavy atom. The first-order valence-corrected chi connectivity index (χ1v) is 9.02. The fourth-order valence-corrected chi connectivity index (χ4v) is 4.46. The summed E-state index contributed by atoms with van der Waals surface area (Å²) in [5.41, 5.74) is 6.59. The van der Waals surface area contributed by atoms with Crippen LogP contribution in [0.25, 0.3) is 0 Å². The van der Waals surface area contributed by atoms with Crippen LogP contribution in [0.5, 0.6) is 0 Å². The maximum Gasteiger partial charge on any atom is 0.242 e. The van der Waals surface area contributed by atoms with Crippen LogP contribution in [0.15, 0.2) is 29.2 Å². The third-order valence-electron chi connectivity index (χ3n) is 4.27. The third kappa shape index (κ3) is 3.39. The Labute approximate surface area is 126 Å². The molecule has 2 fully saturated rings. The number of benzene rings is 1. The standard InChI is InChI=1S/C15H23N3O2S/c1-18(10-11-8-12(16)9-11)14-4-2-3-5-15(14)21(19,20)17-13-6-7-13/h2-5,11-13,17H,6-10,16H2,1H3. The quantitative estimate of drug-likeness (QED) is 0.830. The summed E-state index contributed by atoms with van der Waals surface area (Å²) in [6.07, 6.45) is 3.94. The van der Waals surface area contributed by atoms with Crippen molar-refractivity contribution in [2.24, 2.45) is 11.7 Å². The highest BCUT2D eigenvalue weighted by Crippen LogP contribution is 2.31. The Balaban J connectivity index is 1.78. The van der Waals surface area contributed by atoms with Gasteiger partial charge in [-0.25, -0.2) is 13.1 Å². The Bertz CT molecular complexity index is 607. The minimum Gasteiger partial charge on any atom is -0.373 e. The summed E-state index contributed by atoms with van der Waals surface area (Å²) in [4.78, 5) is 2.42. The van der Waals surface area contributed by atoms with Gasteiger partial charge in [0.15, 0.2) is 0 Å². The second kappa shape index (κ2) is 5.59. The van der Waals surface area contributed by atoms with Crippen molar-refractivity contribution in [2.75, 3.05) is 18.5 Å². The zero-order chi connectivity index (χ0) is 15.0. The Morgan fingerprint density at radius 2 is 1.95 bits per heavy atom. The lowest BCUT2D eigenvalue weighted by molar-refractivity contribution is 0.271. The van der Waals surface area contributed by atoms with Gasteiger partial charge < -0.3 is 10.6 Å². The summed E-state index contributed by atoms with van der Waals surface area (Å²) in [5.74, 6) is 0.567. The molecule has 0 saturated heterocycles. The van der Waals surface area contributed by atoms with Gasteiger partial charge in [0.25, 0.3) is 0 Å². The molecule has 6 heteroatoms. The highest BCUT2D eigenvalue weighted by atomic mass is 32.2. The van der Waals surface area contributed by atoms with Gasteiger partial charge in [0, 0.05) is 25.7 Å². The van der Waals surface area contributed by atoms with E-state index in [9.17, 15) is 8.42 Å². The minimum atomic E-state index is -3.42. The Kier molecular flexibility index (Phi) is 3.94. The van der Waals surface area contributed by atoms with Gasteiger partial charge in [-0.1, -0.05) is 12.1 Å². The van der Waals surface area contributed by atoms with Crippen LogP contribution in [-0.4, -0.2) is 34.1 Å². The molecule has 2 saturated carbocycles. The zero-order valence-corrected chi connectivity index (χ0v) is 13.1. The summed E-state index contributed by atoms with van der Waals surface area (Å²) < 4.78 is 27.7. The van der Waals surface area contributed by atoms with Gasteiger partial charge in [-0.3, -0.25) is 0 Å². The molecule has 21 heavy (non-hydrogen) atoms. The smallest absolute Gasteiger partial charge is 0.242 e. The predicted octanol–water partition coefficient (Wildman–Crippen LogP) is 1.30. The first-order chi connectivity index (χ1) is 9.95. The fraction of sp³-hybridized carbons (Fsp3) is 0.600. The van der Waals surface area contributed by atoms with Gasteiger partial charge >= 0.3 is 0 Å². The van der Waals surface area contributed by atoms with Gasteiger partial charge in [-0.2, -0.15) is 0 Å². The van der Waals surface area contributed by atoms with E-state index in [1.807, 2.05) is 24.1 Å². The topological polar surface area (TPSA) is 75.4 Å². The number of hydrogen-bond acceptors (Lipinski definition) is 4. The molecule has 1 aromatic rings. The number of para-hydroxylation sites is 1. The van der Waals surface area contributed by atoms with Crippen LogP contribution in [0.2, 0.25) is 0 Å². The summed E-state index contributed by atoms with van der Waals surface area (Å²) in [5, 5.41) is 0. The average Bonchev–Trinajstić information content (AvgIpc) is 3.20. The minimum absolute atomic E-state index is 0.123. The lowest BCUT2D eigenvalue weighted by atomic mass is 9.80. The Hall–Kier alpha value is -1.11. The number of anilines is 1. The number of nitrogens with zero attached hydrogens (tertiary/aromatic N) is 1. The number of rotatable bonds is 6. The number of nitrogens with two attached hydrogens (primary N) is 1. The second-order valence-electron chi connectivity index (χ2n) is 6.34. The highest BCUT2D eigenvalue weighted by Gasteiger charge is 2.31. The monoisotopic (exact) mass is 309 g/mol. The molecule has 1 aromatic carbocycles. The van der Waals surface area contributed by atoms with Gasteiger partial charge in [0.1, 0.15) is 4.90 Å². The molecular weight excluding hydrogens is 286 g/mol. The van der Waals surface area contributed by atoms with Crippen LogP contribution in [-0.2, 0) is 10.0 Å². The number of hydrogen-bond donors (Lipinski definition) is 2. The molecule has 0 aliphatic heterocycles. The SMILES string of the molecule is CN(CC1CC(N)C1)c1ccccc1S(=O)(=O)NC1CC1. The van der Waals surface area contributed by atoms with Crippen molar-refractivity contribution in [3.05, 3.63) is 24.3 Å². The van der Waals surface area contributed by atoms with Crippen molar-refractivity contribution in [1.29, 1.82) is 0 Å². The van der Waals surface area contributed by atoms with E-state index in [1.165, 1.54) is 0 Å². The maximum atomic E-state index is 12.5. The summed E-state index contributed by atoms with van der Waals surface area (Å²) in [7, 11) is -1.47. The van der Waals surface area contributed by atoms with Crippen molar-refractivity contribution in [1.82, 2.24) is 4.72 Å². The van der Waals surface area contributed by atoms with E-state index in [0.29, 0.717) is 16.9 Å². The van der Waals surface area contributed by atoms with Gasteiger partial charge in [-0.05, 0) is 43.7 Å². The van der Waals surface area contributed by atoms with Crippen molar-refractivity contribution in [3.8, 4) is 0 Å². The molecule has 0 bridgehead atoms. The van der Waals surface area contributed by atoms with Crippen molar-refractivity contribution >= 4 is 15.7 Å². The first kappa shape index (κ1) is 14.8. The molecule has 3 rings (SSSR count).